The number of imide groups is 1. The molecule has 1 saturated carbocycles. The highest BCUT2D eigenvalue weighted by Crippen LogP contribution is 2.45. The molecule has 32 heavy (non-hydrogen) atoms. The van der Waals surface area contributed by atoms with Crippen LogP contribution in [0.1, 0.15) is 42.6 Å². The van der Waals surface area contributed by atoms with Gasteiger partial charge in [0.2, 0.25) is 17.7 Å². The van der Waals surface area contributed by atoms with Crippen molar-refractivity contribution in [3.63, 3.8) is 0 Å². The molecule has 1 aromatic carbocycles. The van der Waals surface area contributed by atoms with E-state index in [9.17, 15) is 27.6 Å². The standard InChI is InChI=1S/C22H23F3N4O3/c1-27-9-8-26-17(27)13-28(2)18(30)11-21(12-19(31)29(20(21)32)16-6-7-16)14-4-3-5-15(10-14)22(23,24)25/h3-5,8-10,16H,6-7,11-13H2,1-2H3. The maximum absolute atomic E-state index is 13.4. The number of benzene rings is 1. The second-order valence-electron chi connectivity index (χ2n) is 8.52. The summed E-state index contributed by atoms with van der Waals surface area (Å²) in [5, 5.41) is 0. The number of halogens is 3. The molecular formula is C22H23F3N4O3. The van der Waals surface area contributed by atoms with Crippen molar-refractivity contribution in [3.05, 3.63) is 53.6 Å². The summed E-state index contributed by atoms with van der Waals surface area (Å²) >= 11 is 0. The first kappa shape index (κ1) is 22.0. The predicted molar refractivity (Wildman–Crippen MR) is 107 cm³/mol. The second-order valence-corrected chi connectivity index (χ2v) is 8.52. The highest BCUT2D eigenvalue weighted by Gasteiger charge is 2.57. The van der Waals surface area contributed by atoms with Crippen LogP contribution >= 0.6 is 0 Å². The van der Waals surface area contributed by atoms with E-state index in [0.717, 1.165) is 17.0 Å². The maximum Gasteiger partial charge on any atom is 0.416 e. The Morgan fingerprint density at radius 3 is 2.59 bits per heavy atom. The van der Waals surface area contributed by atoms with E-state index in [2.05, 4.69) is 4.98 Å². The van der Waals surface area contributed by atoms with Gasteiger partial charge in [0.25, 0.3) is 0 Å². The van der Waals surface area contributed by atoms with E-state index in [-0.39, 0.29) is 24.6 Å². The van der Waals surface area contributed by atoms with Crippen LogP contribution in [0.2, 0.25) is 0 Å². The summed E-state index contributed by atoms with van der Waals surface area (Å²) in [7, 11) is 3.31. The van der Waals surface area contributed by atoms with Crippen LogP contribution in [0.25, 0.3) is 0 Å². The van der Waals surface area contributed by atoms with Crippen molar-refractivity contribution in [2.24, 2.45) is 7.05 Å². The molecule has 0 N–H and O–H groups in total. The summed E-state index contributed by atoms with van der Waals surface area (Å²) in [6.07, 6.45) is -0.687. The van der Waals surface area contributed by atoms with Gasteiger partial charge in [-0.1, -0.05) is 18.2 Å². The molecule has 10 heteroatoms. The van der Waals surface area contributed by atoms with Crippen molar-refractivity contribution in [3.8, 4) is 0 Å². The Bertz CT molecular complexity index is 1080. The molecule has 1 saturated heterocycles. The predicted octanol–water partition coefficient (Wildman–Crippen LogP) is 2.65. The Hall–Kier alpha value is -3.17. The van der Waals surface area contributed by atoms with Crippen LogP contribution in [0, 0.1) is 0 Å². The Morgan fingerprint density at radius 2 is 2.00 bits per heavy atom. The molecule has 0 radical (unpaired) electrons. The number of alkyl halides is 3. The first-order valence-electron chi connectivity index (χ1n) is 10.3. The third kappa shape index (κ3) is 3.89. The first-order chi connectivity index (χ1) is 15.0. The summed E-state index contributed by atoms with van der Waals surface area (Å²) in [5.74, 6) is -0.885. The number of aromatic nitrogens is 2. The molecule has 0 bridgehead atoms. The number of aryl methyl sites for hydroxylation is 1. The van der Waals surface area contributed by atoms with Gasteiger partial charge in [-0.15, -0.1) is 0 Å². The molecule has 7 nitrogen and oxygen atoms in total. The SMILES string of the molecule is CN(Cc1nccn1C)C(=O)CC1(c2cccc(C(F)(F)F)c2)CC(=O)N(C2CC2)C1=O. The molecule has 0 spiro atoms. The Labute approximate surface area is 182 Å². The normalized spacial score (nSPS) is 21.3. The second kappa shape index (κ2) is 7.75. The van der Waals surface area contributed by atoms with Gasteiger partial charge in [0, 0.05) is 45.4 Å². The van der Waals surface area contributed by atoms with Crippen molar-refractivity contribution in [2.45, 2.75) is 49.9 Å². The van der Waals surface area contributed by atoms with E-state index < -0.39 is 41.3 Å². The van der Waals surface area contributed by atoms with E-state index in [1.807, 2.05) is 0 Å². The number of amides is 3. The molecule has 4 rings (SSSR count). The maximum atomic E-state index is 13.4. The number of hydrogen-bond donors (Lipinski definition) is 0. The highest BCUT2D eigenvalue weighted by molar-refractivity contribution is 6.11. The van der Waals surface area contributed by atoms with Gasteiger partial charge in [-0.25, -0.2) is 4.98 Å². The van der Waals surface area contributed by atoms with Crippen LogP contribution in [0.4, 0.5) is 13.2 Å². The fourth-order valence-corrected chi connectivity index (χ4v) is 4.17. The minimum Gasteiger partial charge on any atom is -0.338 e. The van der Waals surface area contributed by atoms with Crippen LogP contribution in [0.3, 0.4) is 0 Å². The van der Waals surface area contributed by atoms with E-state index in [4.69, 9.17) is 0 Å². The highest BCUT2D eigenvalue weighted by atomic mass is 19.4. The topological polar surface area (TPSA) is 75.5 Å². The van der Waals surface area contributed by atoms with Crippen molar-refractivity contribution in [1.29, 1.82) is 0 Å². The number of nitrogens with zero attached hydrogens (tertiary/aromatic N) is 4. The molecule has 2 aromatic rings. The molecule has 1 aliphatic carbocycles. The summed E-state index contributed by atoms with van der Waals surface area (Å²) in [4.78, 5) is 46.0. The lowest BCUT2D eigenvalue weighted by molar-refractivity contribution is -0.143. The summed E-state index contributed by atoms with van der Waals surface area (Å²) in [5.41, 5.74) is -2.55. The van der Waals surface area contributed by atoms with Gasteiger partial charge in [0.05, 0.1) is 17.5 Å². The number of hydrogen-bond acceptors (Lipinski definition) is 4. The minimum atomic E-state index is -4.61. The fourth-order valence-electron chi connectivity index (χ4n) is 4.17. The number of rotatable bonds is 6. The zero-order valence-electron chi connectivity index (χ0n) is 17.7. The Kier molecular flexibility index (Phi) is 5.34. The number of imidazole rings is 1. The molecule has 3 amide bonds. The quantitative estimate of drug-likeness (QED) is 0.637. The van der Waals surface area contributed by atoms with Gasteiger partial charge in [-0.05, 0) is 24.5 Å². The number of likely N-dealkylation sites (tertiary alicyclic amines) is 1. The van der Waals surface area contributed by atoms with Crippen LogP contribution in [0.15, 0.2) is 36.7 Å². The molecule has 1 unspecified atom stereocenters. The largest absolute Gasteiger partial charge is 0.416 e. The molecule has 2 heterocycles. The van der Waals surface area contributed by atoms with Crippen LogP contribution < -0.4 is 0 Å². The van der Waals surface area contributed by atoms with Crippen molar-refractivity contribution in [2.75, 3.05) is 7.05 Å². The average Bonchev–Trinajstić information content (AvgIpc) is 3.43. The summed E-state index contributed by atoms with van der Waals surface area (Å²) in [6.45, 7) is 0.162. The third-order valence-electron chi connectivity index (χ3n) is 6.18. The molecule has 170 valence electrons. The smallest absolute Gasteiger partial charge is 0.338 e. The van der Waals surface area contributed by atoms with E-state index >= 15 is 0 Å². The van der Waals surface area contributed by atoms with Gasteiger partial charge in [0.1, 0.15) is 5.82 Å². The van der Waals surface area contributed by atoms with Crippen LogP contribution in [0.5, 0.6) is 0 Å². The van der Waals surface area contributed by atoms with Gasteiger partial charge in [-0.3, -0.25) is 19.3 Å². The van der Waals surface area contributed by atoms with Gasteiger partial charge < -0.3 is 9.47 Å². The van der Waals surface area contributed by atoms with Gasteiger partial charge >= 0.3 is 6.18 Å². The summed E-state index contributed by atoms with van der Waals surface area (Å²) in [6, 6.07) is 4.16. The minimum absolute atomic E-state index is 0.0348. The molecule has 2 fully saturated rings. The van der Waals surface area contributed by atoms with Crippen molar-refractivity contribution >= 4 is 17.7 Å². The lowest BCUT2D eigenvalue weighted by atomic mass is 9.75. The van der Waals surface area contributed by atoms with Crippen LogP contribution in [-0.2, 0) is 39.6 Å². The molecule has 1 aromatic heterocycles. The number of carbonyl (C=O) groups excluding carboxylic acids is 3. The Morgan fingerprint density at radius 1 is 1.28 bits per heavy atom. The fraction of sp³-hybridized carbons (Fsp3) is 0.455. The summed E-state index contributed by atoms with van der Waals surface area (Å²) < 4.78 is 41.8. The Balaban J connectivity index is 1.69. The third-order valence-corrected chi connectivity index (χ3v) is 6.18. The van der Waals surface area contributed by atoms with E-state index in [1.165, 1.54) is 24.1 Å². The zero-order chi connectivity index (χ0) is 23.3. The van der Waals surface area contributed by atoms with Crippen molar-refractivity contribution in [1.82, 2.24) is 19.4 Å². The van der Waals surface area contributed by atoms with E-state index in [1.54, 1.807) is 24.0 Å². The average molecular weight is 448 g/mol. The lowest BCUT2D eigenvalue weighted by Crippen LogP contribution is -2.43. The molecule has 1 atom stereocenters. The first-order valence-corrected chi connectivity index (χ1v) is 10.3. The monoisotopic (exact) mass is 448 g/mol. The van der Waals surface area contributed by atoms with Crippen LogP contribution in [-0.4, -0.2) is 50.2 Å². The van der Waals surface area contributed by atoms with Gasteiger partial charge in [-0.2, -0.15) is 13.2 Å². The van der Waals surface area contributed by atoms with Gasteiger partial charge in [0.15, 0.2) is 0 Å². The molecule has 2 aliphatic rings. The molecule has 1 aliphatic heterocycles. The number of carbonyl (C=O) groups is 3. The molecular weight excluding hydrogens is 425 g/mol. The van der Waals surface area contributed by atoms with Crippen molar-refractivity contribution < 1.29 is 27.6 Å². The lowest BCUT2D eigenvalue weighted by Gasteiger charge is -2.29. The zero-order valence-corrected chi connectivity index (χ0v) is 17.7. The van der Waals surface area contributed by atoms with E-state index in [0.29, 0.717) is 18.7 Å².